The number of hydroxylamine groups is 2. The molecule has 1 N–H and O–H groups in total. The summed E-state index contributed by atoms with van der Waals surface area (Å²) in [6, 6.07) is 0. The minimum atomic E-state index is 0.868. The van der Waals surface area contributed by atoms with E-state index in [1.165, 1.54) is 25.9 Å². The molecule has 1 heterocycles. The first-order valence-corrected chi connectivity index (χ1v) is 4.29. The van der Waals surface area contributed by atoms with Gasteiger partial charge < -0.3 is 10.2 Å². The van der Waals surface area contributed by atoms with E-state index in [4.69, 9.17) is 4.84 Å². The maximum Gasteiger partial charge on any atom is 0.0575 e. The van der Waals surface area contributed by atoms with E-state index in [0.717, 1.165) is 12.5 Å². The minimum Gasteiger partial charge on any atom is -0.316 e. The second-order valence-corrected chi connectivity index (χ2v) is 3.18. The van der Waals surface area contributed by atoms with Crippen LogP contribution in [0.5, 0.6) is 0 Å². The van der Waals surface area contributed by atoms with Crippen LogP contribution in [-0.2, 0) is 4.84 Å². The lowest BCUT2D eigenvalue weighted by Gasteiger charge is -2.15. The SMILES string of the molecule is CON(C)CCC1CCNC1. The highest BCUT2D eigenvalue weighted by atomic mass is 16.7. The number of hydrogen-bond donors (Lipinski definition) is 1. The van der Waals surface area contributed by atoms with Crippen molar-refractivity contribution >= 4 is 0 Å². The molecule has 3 heteroatoms. The Morgan fingerprint density at radius 1 is 1.64 bits per heavy atom. The van der Waals surface area contributed by atoms with Crippen LogP contribution in [0.25, 0.3) is 0 Å². The van der Waals surface area contributed by atoms with E-state index in [2.05, 4.69) is 5.32 Å². The number of nitrogens with one attached hydrogen (secondary N) is 1. The van der Waals surface area contributed by atoms with Gasteiger partial charge in [-0.2, -0.15) is 5.06 Å². The predicted octanol–water partition coefficient (Wildman–Crippen LogP) is 0.479. The average Bonchev–Trinajstić information content (AvgIpc) is 2.52. The summed E-state index contributed by atoms with van der Waals surface area (Å²) in [5, 5.41) is 5.24. The largest absolute Gasteiger partial charge is 0.316 e. The topological polar surface area (TPSA) is 24.5 Å². The van der Waals surface area contributed by atoms with Crippen molar-refractivity contribution in [2.24, 2.45) is 5.92 Å². The molecule has 1 fully saturated rings. The Morgan fingerprint density at radius 3 is 3.00 bits per heavy atom. The van der Waals surface area contributed by atoms with Crippen LogP contribution in [0.2, 0.25) is 0 Å². The zero-order valence-corrected chi connectivity index (χ0v) is 7.47. The molecular weight excluding hydrogens is 140 g/mol. The van der Waals surface area contributed by atoms with Gasteiger partial charge >= 0.3 is 0 Å². The van der Waals surface area contributed by atoms with Crippen molar-refractivity contribution in [3.63, 3.8) is 0 Å². The van der Waals surface area contributed by atoms with Gasteiger partial charge in [0.1, 0.15) is 0 Å². The van der Waals surface area contributed by atoms with Gasteiger partial charge in [0, 0.05) is 13.6 Å². The fraction of sp³-hybridized carbons (Fsp3) is 1.00. The van der Waals surface area contributed by atoms with Crippen molar-refractivity contribution in [2.45, 2.75) is 12.8 Å². The van der Waals surface area contributed by atoms with E-state index < -0.39 is 0 Å². The molecular formula is C8H18N2O. The van der Waals surface area contributed by atoms with Gasteiger partial charge in [-0.05, 0) is 31.8 Å². The quantitative estimate of drug-likeness (QED) is 0.602. The predicted molar refractivity (Wildman–Crippen MR) is 45.2 cm³/mol. The maximum absolute atomic E-state index is 5.02. The minimum absolute atomic E-state index is 0.868. The summed E-state index contributed by atoms with van der Waals surface area (Å²) in [5.74, 6) is 0.868. The lowest BCUT2D eigenvalue weighted by atomic mass is 10.1. The normalized spacial score (nSPS) is 24.8. The molecule has 0 aliphatic carbocycles. The van der Waals surface area contributed by atoms with Gasteiger partial charge in [0.05, 0.1) is 7.11 Å². The molecule has 0 aromatic heterocycles. The number of nitrogens with zero attached hydrogens (tertiary/aromatic N) is 1. The highest BCUT2D eigenvalue weighted by molar-refractivity contribution is 4.71. The second-order valence-electron chi connectivity index (χ2n) is 3.18. The molecule has 1 unspecified atom stereocenters. The van der Waals surface area contributed by atoms with Crippen molar-refractivity contribution in [3.05, 3.63) is 0 Å². The fourth-order valence-corrected chi connectivity index (χ4v) is 1.42. The fourth-order valence-electron chi connectivity index (χ4n) is 1.42. The summed E-state index contributed by atoms with van der Waals surface area (Å²) < 4.78 is 0. The molecule has 3 nitrogen and oxygen atoms in total. The Morgan fingerprint density at radius 2 is 2.45 bits per heavy atom. The lowest BCUT2D eigenvalue weighted by molar-refractivity contribution is -0.111. The highest BCUT2D eigenvalue weighted by Gasteiger charge is 2.14. The van der Waals surface area contributed by atoms with Crippen LogP contribution in [0.15, 0.2) is 0 Å². The Kier molecular flexibility index (Phi) is 3.83. The molecule has 1 aliphatic heterocycles. The van der Waals surface area contributed by atoms with E-state index >= 15 is 0 Å². The highest BCUT2D eigenvalue weighted by Crippen LogP contribution is 2.11. The Bertz CT molecular complexity index is 102. The maximum atomic E-state index is 5.02. The molecule has 66 valence electrons. The third-order valence-electron chi connectivity index (χ3n) is 2.33. The van der Waals surface area contributed by atoms with Crippen LogP contribution in [0.1, 0.15) is 12.8 Å². The van der Waals surface area contributed by atoms with Gasteiger partial charge in [-0.25, -0.2) is 0 Å². The summed E-state index contributed by atoms with van der Waals surface area (Å²) in [6.45, 7) is 3.43. The molecule has 1 rings (SSSR count). The van der Waals surface area contributed by atoms with Crippen LogP contribution in [0.3, 0.4) is 0 Å². The van der Waals surface area contributed by atoms with Gasteiger partial charge in [0.15, 0.2) is 0 Å². The molecule has 0 aromatic carbocycles. The summed E-state index contributed by atoms with van der Waals surface area (Å²) in [6.07, 6.45) is 2.58. The summed E-state index contributed by atoms with van der Waals surface area (Å²) in [4.78, 5) is 5.02. The molecule has 11 heavy (non-hydrogen) atoms. The Balaban J connectivity index is 2.01. The number of rotatable bonds is 4. The van der Waals surface area contributed by atoms with Crippen molar-refractivity contribution in [1.29, 1.82) is 0 Å². The molecule has 1 saturated heterocycles. The van der Waals surface area contributed by atoms with Gasteiger partial charge in [0.25, 0.3) is 0 Å². The molecule has 0 amide bonds. The third kappa shape index (κ3) is 3.18. The Labute approximate surface area is 68.7 Å². The summed E-state index contributed by atoms with van der Waals surface area (Å²) in [7, 11) is 3.69. The van der Waals surface area contributed by atoms with Crippen LogP contribution in [0.4, 0.5) is 0 Å². The zero-order chi connectivity index (χ0) is 8.10. The first-order chi connectivity index (χ1) is 5.33. The van der Waals surface area contributed by atoms with Crippen molar-refractivity contribution in [3.8, 4) is 0 Å². The van der Waals surface area contributed by atoms with E-state index in [1.54, 1.807) is 7.11 Å². The summed E-state index contributed by atoms with van der Waals surface area (Å²) in [5.41, 5.74) is 0. The standard InChI is InChI=1S/C8H18N2O/c1-10(11-2)6-4-8-3-5-9-7-8/h8-9H,3-7H2,1-2H3. The van der Waals surface area contributed by atoms with Crippen LogP contribution < -0.4 is 5.32 Å². The monoisotopic (exact) mass is 158 g/mol. The van der Waals surface area contributed by atoms with E-state index in [1.807, 2.05) is 12.1 Å². The van der Waals surface area contributed by atoms with Gasteiger partial charge in [-0.1, -0.05) is 0 Å². The first kappa shape index (κ1) is 8.97. The zero-order valence-electron chi connectivity index (χ0n) is 7.47. The first-order valence-electron chi connectivity index (χ1n) is 4.29. The van der Waals surface area contributed by atoms with Crippen molar-refractivity contribution < 1.29 is 4.84 Å². The third-order valence-corrected chi connectivity index (χ3v) is 2.33. The van der Waals surface area contributed by atoms with E-state index in [-0.39, 0.29) is 0 Å². The summed E-state index contributed by atoms with van der Waals surface area (Å²) >= 11 is 0. The van der Waals surface area contributed by atoms with Crippen molar-refractivity contribution in [1.82, 2.24) is 10.4 Å². The van der Waals surface area contributed by atoms with E-state index in [0.29, 0.717) is 0 Å². The molecule has 0 bridgehead atoms. The van der Waals surface area contributed by atoms with E-state index in [9.17, 15) is 0 Å². The second kappa shape index (κ2) is 4.70. The number of hydrogen-bond acceptors (Lipinski definition) is 3. The van der Waals surface area contributed by atoms with Crippen LogP contribution in [-0.4, -0.2) is 38.9 Å². The Hall–Kier alpha value is -0.120. The molecule has 1 atom stereocenters. The smallest absolute Gasteiger partial charge is 0.0575 e. The lowest BCUT2D eigenvalue weighted by Crippen LogP contribution is -2.21. The molecule has 0 aromatic rings. The molecule has 0 spiro atoms. The van der Waals surface area contributed by atoms with Crippen molar-refractivity contribution in [2.75, 3.05) is 33.8 Å². The average molecular weight is 158 g/mol. The van der Waals surface area contributed by atoms with Gasteiger partial charge in [-0.15, -0.1) is 0 Å². The van der Waals surface area contributed by atoms with Crippen LogP contribution in [0, 0.1) is 5.92 Å². The van der Waals surface area contributed by atoms with Crippen LogP contribution >= 0.6 is 0 Å². The molecule has 1 aliphatic rings. The van der Waals surface area contributed by atoms with Gasteiger partial charge in [0.2, 0.25) is 0 Å². The molecule has 0 radical (unpaired) electrons. The molecule has 0 saturated carbocycles. The van der Waals surface area contributed by atoms with Gasteiger partial charge in [-0.3, -0.25) is 0 Å².